The molecule has 1 N–H and O–H groups in total. The van der Waals surface area contributed by atoms with Gasteiger partial charge in [-0.25, -0.2) is 4.39 Å². The molecule has 3 heteroatoms. The third-order valence-corrected chi connectivity index (χ3v) is 2.71. The molecule has 0 saturated heterocycles. The molecule has 0 aliphatic carbocycles. The number of halogens is 2. The zero-order valence-corrected chi connectivity index (χ0v) is 11.1. The van der Waals surface area contributed by atoms with Crippen LogP contribution in [-0.4, -0.2) is 13.1 Å². The van der Waals surface area contributed by atoms with Gasteiger partial charge in [0, 0.05) is 11.6 Å². The summed E-state index contributed by atoms with van der Waals surface area (Å²) >= 11 is 5.82. The Bertz CT molecular complexity index is 368. The molecule has 0 fully saturated rings. The van der Waals surface area contributed by atoms with Crippen LogP contribution in [0.1, 0.15) is 32.3 Å². The minimum atomic E-state index is -0.291. The second-order valence-electron chi connectivity index (χ2n) is 4.04. The van der Waals surface area contributed by atoms with E-state index >= 15 is 0 Å². The van der Waals surface area contributed by atoms with Gasteiger partial charge in [-0.1, -0.05) is 37.1 Å². The maximum absolute atomic E-state index is 13.2. The lowest BCUT2D eigenvalue weighted by Crippen LogP contribution is -2.17. The first-order valence-electron chi connectivity index (χ1n) is 6.02. The Labute approximate surface area is 108 Å². The van der Waals surface area contributed by atoms with Crippen molar-refractivity contribution in [2.24, 2.45) is 0 Å². The number of hydrogen-bond acceptors (Lipinski definition) is 1. The van der Waals surface area contributed by atoms with Gasteiger partial charge in [-0.05, 0) is 43.1 Å². The molecular weight excluding hydrogens is 237 g/mol. The predicted octanol–water partition coefficient (Wildman–Crippen LogP) is 4.27. The maximum atomic E-state index is 13.2. The van der Waals surface area contributed by atoms with E-state index in [0.717, 1.165) is 31.5 Å². The van der Waals surface area contributed by atoms with Crippen LogP contribution in [0.4, 0.5) is 4.39 Å². The Morgan fingerprint density at radius 1 is 1.35 bits per heavy atom. The molecule has 0 bridgehead atoms. The van der Waals surface area contributed by atoms with Gasteiger partial charge >= 0.3 is 0 Å². The van der Waals surface area contributed by atoms with E-state index in [1.807, 2.05) is 6.08 Å². The molecule has 0 aliphatic heterocycles. The van der Waals surface area contributed by atoms with Gasteiger partial charge in [0.05, 0.1) is 0 Å². The van der Waals surface area contributed by atoms with Crippen molar-refractivity contribution in [3.63, 3.8) is 0 Å². The van der Waals surface area contributed by atoms with Crippen LogP contribution in [0, 0.1) is 5.82 Å². The van der Waals surface area contributed by atoms with Crippen LogP contribution in [0.3, 0.4) is 0 Å². The average Bonchev–Trinajstić information content (AvgIpc) is 2.26. The van der Waals surface area contributed by atoms with Crippen LogP contribution in [0.15, 0.2) is 23.8 Å². The van der Waals surface area contributed by atoms with E-state index in [4.69, 9.17) is 11.6 Å². The summed E-state index contributed by atoms with van der Waals surface area (Å²) in [5, 5.41) is 3.78. The smallest absolute Gasteiger partial charge is 0.125 e. The predicted molar refractivity (Wildman–Crippen MR) is 72.8 cm³/mol. The van der Waals surface area contributed by atoms with Gasteiger partial charge in [0.1, 0.15) is 5.82 Å². The van der Waals surface area contributed by atoms with Crippen LogP contribution in [0.2, 0.25) is 5.02 Å². The fourth-order valence-electron chi connectivity index (χ4n) is 1.60. The van der Waals surface area contributed by atoms with Crippen molar-refractivity contribution >= 4 is 17.7 Å². The Kier molecular flexibility index (Phi) is 6.23. The molecule has 0 saturated carbocycles. The molecule has 1 nitrogen and oxygen atoms in total. The highest BCUT2D eigenvalue weighted by Crippen LogP contribution is 2.17. The standard InChI is InChI=1S/C14H19ClFN/c1-3-5-17-10-11(4-2)6-12-7-13(15)9-14(16)8-12/h6-9,17H,3-5,10H2,1-2H3/b11-6+. The van der Waals surface area contributed by atoms with Crippen molar-refractivity contribution in [1.29, 1.82) is 0 Å². The molecule has 1 rings (SSSR count). The molecule has 0 aliphatic rings. The van der Waals surface area contributed by atoms with E-state index in [2.05, 4.69) is 19.2 Å². The third-order valence-electron chi connectivity index (χ3n) is 2.49. The van der Waals surface area contributed by atoms with E-state index in [-0.39, 0.29) is 5.82 Å². The normalized spacial score (nSPS) is 11.9. The number of hydrogen-bond donors (Lipinski definition) is 1. The first-order chi connectivity index (χ1) is 8.15. The average molecular weight is 256 g/mol. The summed E-state index contributed by atoms with van der Waals surface area (Å²) in [4.78, 5) is 0. The SMILES string of the molecule is CCCNC/C(=C/c1cc(F)cc(Cl)c1)CC. The van der Waals surface area contributed by atoms with Crippen molar-refractivity contribution in [2.75, 3.05) is 13.1 Å². The highest BCUT2D eigenvalue weighted by atomic mass is 35.5. The summed E-state index contributed by atoms with van der Waals surface area (Å²) in [5.41, 5.74) is 2.07. The van der Waals surface area contributed by atoms with Crippen LogP contribution in [0.5, 0.6) is 0 Å². The lowest BCUT2D eigenvalue weighted by Gasteiger charge is -2.06. The lowest BCUT2D eigenvalue weighted by atomic mass is 10.1. The maximum Gasteiger partial charge on any atom is 0.125 e. The highest BCUT2D eigenvalue weighted by Gasteiger charge is 1.99. The highest BCUT2D eigenvalue weighted by molar-refractivity contribution is 6.30. The number of nitrogens with one attached hydrogen (secondary N) is 1. The first-order valence-corrected chi connectivity index (χ1v) is 6.39. The molecule has 0 aromatic heterocycles. The van der Waals surface area contributed by atoms with Gasteiger partial charge in [-0.15, -0.1) is 0 Å². The van der Waals surface area contributed by atoms with Crippen molar-refractivity contribution in [1.82, 2.24) is 5.32 Å². The first kappa shape index (κ1) is 14.2. The summed E-state index contributed by atoms with van der Waals surface area (Å²) in [6.45, 7) is 6.08. The quantitative estimate of drug-likeness (QED) is 0.749. The summed E-state index contributed by atoms with van der Waals surface area (Å²) in [6, 6.07) is 4.60. The van der Waals surface area contributed by atoms with Gasteiger partial charge in [0.15, 0.2) is 0 Å². The molecular formula is C14H19ClFN. The third kappa shape index (κ3) is 5.33. The largest absolute Gasteiger partial charge is 0.313 e. The molecule has 0 atom stereocenters. The molecule has 0 radical (unpaired) electrons. The fraction of sp³-hybridized carbons (Fsp3) is 0.429. The van der Waals surface area contributed by atoms with Gasteiger partial charge in [0.2, 0.25) is 0 Å². The van der Waals surface area contributed by atoms with E-state index in [0.29, 0.717) is 5.02 Å². The van der Waals surface area contributed by atoms with Crippen LogP contribution in [-0.2, 0) is 0 Å². The van der Waals surface area contributed by atoms with Crippen molar-refractivity contribution < 1.29 is 4.39 Å². The van der Waals surface area contributed by atoms with Crippen molar-refractivity contribution in [3.05, 3.63) is 40.2 Å². The Morgan fingerprint density at radius 2 is 2.12 bits per heavy atom. The molecule has 0 spiro atoms. The summed E-state index contributed by atoms with van der Waals surface area (Å²) < 4.78 is 13.2. The topological polar surface area (TPSA) is 12.0 Å². The van der Waals surface area contributed by atoms with E-state index in [9.17, 15) is 4.39 Å². The van der Waals surface area contributed by atoms with Crippen LogP contribution < -0.4 is 5.32 Å². The summed E-state index contributed by atoms with van der Waals surface area (Å²) in [6.07, 6.45) is 4.06. The van der Waals surface area contributed by atoms with Gasteiger partial charge in [-0.3, -0.25) is 0 Å². The molecule has 94 valence electrons. The minimum absolute atomic E-state index is 0.291. The van der Waals surface area contributed by atoms with Crippen molar-refractivity contribution in [3.8, 4) is 0 Å². The summed E-state index contributed by atoms with van der Waals surface area (Å²) in [7, 11) is 0. The Balaban J connectivity index is 2.75. The molecule has 0 heterocycles. The lowest BCUT2D eigenvalue weighted by molar-refractivity contribution is 0.627. The van der Waals surface area contributed by atoms with Crippen molar-refractivity contribution in [2.45, 2.75) is 26.7 Å². The second kappa shape index (κ2) is 7.46. The molecule has 17 heavy (non-hydrogen) atoms. The van der Waals surface area contributed by atoms with Crippen LogP contribution in [0.25, 0.3) is 6.08 Å². The minimum Gasteiger partial charge on any atom is -0.313 e. The summed E-state index contributed by atoms with van der Waals surface area (Å²) in [5.74, 6) is -0.291. The van der Waals surface area contributed by atoms with Crippen LogP contribution >= 0.6 is 11.6 Å². The second-order valence-corrected chi connectivity index (χ2v) is 4.47. The Hall–Kier alpha value is -0.860. The Morgan fingerprint density at radius 3 is 2.71 bits per heavy atom. The molecule has 0 amide bonds. The number of rotatable bonds is 6. The van der Waals surface area contributed by atoms with E-state index in [1.165, 1.54) is 17.7 Å². The monoisotopic (exact) mass is 255 g/mol. The van der Waals surface area contributed by atoms with Gasteiger partial charge in [-0.2, -0.15) is 0 Å². The van der Waals surface area contributed by atoms with E-state index in [1.54, 1.807) is 6.07 Å². The van der Waals surface area contributed by atoms with E-state index < -0.39 is 0 Å². The zero-order chi connectivity index (χ0) is 12.7. The molecule has 0 unspecified atom stereocenters. The zero-order valence-electron chi connectivity index (χ0n) is 10.4. The fourth-order valence-corrected chi connectivity index (χ4v) is 1.83. The van der Waals surface area contributed by atoms with Gasteiger partial charge < -0.3 is 5.32 Å². The number of benzene rings is 1. The molecule has 1 aromatic carbocycles. The molecule has 1 aromatic rings. The van der Waals surface area contributed by atoms with Gasteiger partial charge in [0.25, 0.3) is 0 Å².